The number of esters is 1. The molecule has 2 aromatic carbocycles. The van der Waals surface area contributed by atoms with Crippen molar-refractivity contribution in [3.05, 3.63) is 58.5 Å². The van der Waals surface area contributed by atoms with E-state index >= 15 is 0 Å². The van der Waals surface area contributed by atoms with E-state index in [2.05, 4.69) is 10.6 Å². The molecule has 2 amide bonds. The summed E-state index contributed by atoms with van der Waals surface area (Å²) in [4.78, 5) is 37.7. The molecule has 0 aliphatic carbocycles. The lowest BCUT2D eigenvalue weighted by Crippen LogP contribution is -2.30. The van der Waals surface area contributed by atoms with Gasteiger partial charge in [0.05, 0.1) is 5.56 Å². The van der Waals surface area contributed by atoms with Gasteiger partial charge in [0.15, 0.2) is 6.10 Å². The first-order valence-electron chi connectivity index (χ1n) is 9.15. The smallest absolute Gasteiger partial charge is 0.342 e. The van der Waals surface area contributed by atoms with E-state index in [4.69, 9.17) is 4.74 Å². The molecule has 0 radical (unpaired) electrons. The molecule has 0 aliphatic rings. The van der Waals surface area contributed by atoms with E-state index < -0.39 is 18.0 Å². The molecule has 150 valence electrons. The number of thiophene rings is 1. The third kappa shape index (κ3) is 4.46. The van der Waals surface area contributed by atoms with Crippen LogP contribution in [0.25, 0.3) is 10.8 Å². The molecule has 3 aromatic rings. The zero-order valence-electron chi connectivity index (χ0n) is 16.7. The van der Waals surface area contributed by atoms with Gasteiger partial charge < -0.3 is 15.4 Å². The van der Waals surface area contributed by atoms with Crippen molar-refractivity contribution in [1.29, 1.82) is 0 Å². The van der Waals surface area contributed by atoms with Crippen LogP contribution in [0.15, 0.2) is 42.5 Å². The van der Waals surface area contributed by atoms with Crippen LogP contribution in [0.5, 0.6) is 0 Å². The fraction of sp³-hybridized carbons (Fsp3) is 0.227. The van der Waals surface area contributed by atoms with Crippen molar-refractivity contribution in [3.63, 3.8) is 0 Å². The van der Waals surface area contributed by atoms with Crippen LogP contribution in [-0.2, 0) is 14.3 Å². The lowest BCUT2D eigenvalue weighted by molar-refractivity contribution is -0.123. The molecule has 1 heterocycles. The molecule has 0 saturated heterocycles. The van der Waals surface area contributed by atoms with Crippen LogP contribution in [0.3, 0.4) is 0 Å². The number of rotatable bonds is 5. The van der Waals surface area contributed by atoms with Gasteiger partial charge in [-0.15, -0.1) is 11.3 Å². The normalized spacial score (nSPS) is 11.7. The van der Waals surface area contributed by atoms with E-state index in [0.717, 1.165) is 21.2 Å². The third-order valence-electron chi connectivity index (χ3n) is 4.58. The lowest BCUT2D eigenvalue weighted by atomic mass is 10.1. The molecular weight excluding hydrogens is 388 g/mol. The molecule has 0 unspecified atom stereocenters. The Hall–Kier alpha value is -3.19. The number of hydrogen-bond acceptors (Lipinski definition) is 5. The Bertz CT molecular complexity index is 1100. The Morgan fingerprint density at radius 3 is 2.41 bits per heavy atom. The molecule has 2 N–H and O–H groups in total. The van der Waals surface area contributed by atoms with Crippen LogP contribution in [0.4, 0.5) is 10.7 Å². The van der Waals surface area contributed by atoms with Gasteiger partial charge in [0.2, 0.25) is 5.91 Å². The Morgan fingerprint density at radius 1 is 1.00 bits per heavy atom. The summed E-state index contributed by atoms with van der Waals surface area (Å²) in [6.45, 7) is 6.54. The van der Waals surface area contributed by atoms with Crippen LogP contribution < -0.4 is 10.6 Å². The first kappa shape index (κ1) is 20.5. The summed E-state index contributed by atoms with van der Waals surface area (Å²) in [7, 11) is 0. The molecule has 0 aliphatic heterocycles. The summed E-state index contributed by atoms with van der Waals surface area (Å²) in [5, 5.41) is 7.81. The maximum Gasteiger partial charge on any atom is 0.342 e. The van der Waals surface area contributed by atoms with E-state index in [1.165, 1.54) is 25.2 Å². The number of hydrogen-bond donors (Lipinski definition) is 2. The minimum atomic E-state index is -1.01. The molecule has 29 heavy (non-hydrogen) atoms. The molecule has 0 bridgehead atoms. The first-order valence-corrected chi connectivity index (χ1v) is 9.96. The van der Waals surface area contributed by atoms with Gasteiger partial charge in [0.25, 0.3) is 5.91 Å². The average molecular weight is 410 g/mol. The van der Waals surface area contributed by atoms with E-state index in [9.17, 15) is 14.4 Å². The molecule has 3 rings (SSSR count). The number of amides is 2. The number of nitrogens with one attached hydrogen (secondary N) is 2. The van der Waals surface area contributed by atoms with E-state index in [1.807, 2.05) is 43.3 Å². The number of carbonyl (C=O) groups is 3. The predicted molar refractivity (Wildman–Crippen MR) is 116 cm³/mol. The van der Waals surface area contributed by atoms with Crippen molar-refractivity contribution >= 4 is 50.6 Å². The van der Waals surface area contributed by atoms with Gasteiger partial charge >= 0.3 is 5.97 Å². The second kappa shape index (κ2) is 8.45. The summed E-state index contributed by atoms with van der Waals surface area (Å²) in [5.74, 6) is -1.35. The fourth-order valence-corrected chi connectivity index (χ4v) is 4.06. The Kier molecular flexibility index (Phi) is 5.98. The highest BCUT2D eigenvalue weighted by Crippen LogP contribution is 2.33. The van der Waals surface area contributed by atoms with Gasteiger partial charge in [-0.25, -0.2) is 4.79 Å². The second-order valence-corrected chi connectivity index (χ2v) is 7.96. The van der Waals surface area contributed by atoms with Crippen LogP contribution in [-0.4, -0.2) is 23.9 Å². The number of aryl methyl sites for hydroxylation is 1. The van der Waals surface area contributed by atoms with Gasteiger partial charge in [-0.05, 0) is 37.8 Å². The highest BCUT2D eigenvalue weighted by atomic mass is 32.1. The summed E-state index contributed by atoms with van der Waals surface area (Å²) in [6, 6.07) is 13.3. The van der Waals surface area contributed by atoms with Crippen molar-refractivity contribution in [2.24, 2.45) is 0 Å². The summed E-state index contributed by atoms with van der Waals surface area (Å²) in [5.41, 5.74) is 1.66. The summed E-state index contributed by atoms with van der Waals surface area (Å²) in [6.07, 6.45) is -1.01. The fourth-order valence-electron chi connectivity index (χ4n) is 2.96. The average Bonchev–Trinajstić information content (AvgIpc) is 2.94. The third-order valence-corrected chi connectivity index (χ3v) is 5.70. The first-order chi connectivity index (χ1) is 13.8. The second-order valence-electron chi connectivity index (χ2n) is 6.73. The Labute approximate surface area is 172 Å². The highest BCUT2D eigenvalue weighted by molar-refractivity contribution is 7.16. The predicted octanol–water partition coefficient (Wildman–Crippen LogP) is 4.66. The SMILES string of the molecule is CC(=O)Nc1sc(C)c(C)c1C(=O)O[C@@H](C)C(=O)Nc1cccc2ccccc12. The zero-order valence-corrected chi connectivity index (χ0v) is 17.5. The van der Waals surface area contributed by atoms with Crippen molar-refractivity contribution in [1.82, 2.24) is 0 Å². The maximum absolute atomic E-state index is 12.7. The van der Waals surface area contributed by atoms with E-state index in [-0.39, 0.29) is 11.5 Å². The maximum atomic E-state index is 12.7. The minimum Gasteiger partial charge on any atom is -0.449 e. The van der Waals surface area contributed by atoms with Gasteiger partial charge in [-0.3, -0.25) is 9.59 Å². The standard InChI is InChI=1S/C22H22N2O4S/c1-12-14(3)29-21(23-15(4)25)19(12)22(27)28-13(2)20(26)24-18-11-7-9-16-8-5-6-10-17(16)18/h5-11,13H,1-4H3,(H,23,25)(H,24,26)/t13-/m0/s1. The number of fused-ring (bicyclic) bond motifs is 1. The number of benzene rings is 2. The van der Waals surface area contributed by atoms with Gasteiger partial charge in [0.1, 0.15) is 5.00 Å². The monoisotopic (exact) mass is 410 g/mol. The van der Waals surface area contributed by atoms with Crippen molar-refractivity contribution in [2.45, 2.75) is 33.8 Å². The zero-order chi connectivity index (χ0) is 21.1. The van der Waals surface area contributed by atoms with E-state index in [1.54, 1.807) is 13.0 Å². The van der Waals surface area contributed by atoms with Crippen LogP contribution in [0, 0.1) is 13.8 Å². The summed E-state index contributed by atoms with van der Waals surface area (Å²) < 4.78 is 5.40. The van der Waals surface area contributed by atoms with Crippen LogP contribution >= 0.6 is 11.3 Å². The highest BCUT2D eigenvalue weighted by Gasteiger charge is 2.25. The summed E-state index contributed by atoms with van der Waals surface area (Å²) >= 11 is 1.30. The van der Waals surface area contributed by atoms with Gasteiger partial charge in [-0.2, -0.15) is 0 Å². The number of anilines is 2. The molecule has 1 aromatic heterocycles. The van der Waals surface area contributed by atoms with Crippen molar-refractivity contribution in [2.75, 3.05) is 10.6 Å². The van der Waals surface area contributed by atoms with Crippen LogP contribution in [0.1, 0.15) is 34.6 Å². The molecule has 0 spiro atoms. The van der Waals surface area contributed by atoms with Crippen LogP contribution in [0.2, 0.25) is 0 Å². The molecule has 0 saturated carbocycles. The minimum absolute atomic E-state index is 0.276. The van der Waals surface area contributed by atoms with Crippen molar-refractivity contribution in [3.8, 4) is 0 Å². The molecule has 7 heteroatoms. The Balaban J connectivity index is 1.76. The quantitative estimate of drug-likeness (QED) is 0.599. The molecule has 0 fully saturated rings. The van der Waals surface area contributed by atoms with Gasteiger partial charge in [0, 0.05) is 22.9 Å². The van der Waals surface area contributed by atoms with Crippen molar-refractivity contribution < 1.29 is 19.1 Å². The lowest BCUT2D eigenvalue weighted by Gasteiger charge is -2.15. The number of ether oxygens (including phenoxy) is 1. The molecule has 1 atom stereocenters. The van der Waals surface area contributed by atoms with E-state index in [0.29, 0.717) is 10.7 Å². The topological polar surface area (TPSA) is 84.5 Å². The Morgan fingerprint density at radius 2 is 1.69 bits per heavy atom. The molecular formula is C22H22N2O4S. The largest absolute Gasteiger partial charge is 0.449 e. The van der Waals surface area contributed by atoms with Gasteiger partial charge in [-0.1, -0.05) is 36.4 Å². The molecule has 6 nitrogen and oxygen atoms in total. The number of carbonyl (C=O) groups excluding carboxylic acids is 3.